The first kappa shape index (κ1) is 16.1. The lowest BCUT2D eigenvalue weighted by Crippen LogP contribution is -2.39. The molecule has 0 radical (unpaired) electrons. The van der Waals surface area contributed by atoms with Crippen LogP contribution in [0.5, 0.6) is 0 Å². The summed E-state index contributed by atoms with van der Waals surface area (Å²) in [4.78, 5) is 0. The van der Waals surface area contributed by atoms with E-state index in [1.807, 2.05) is 30.1 Å². The molecule has 1 aromatic heterocycles. The van der Waals surface area contributed by atoms with Gasteiger partial charge in [0, 0.05) is 36.3 Å². The third kappa shape index (κ3) is 5.18. The molecule has 1 N–H and O–H groups in total. The molecule has 2 rings (SSSR count). The second-order valence-corrected chi connectivity index (χ2v) is 7.00. The van der Waals surface area contributed by atoms with Crippen molar-refractivity contribution in [1.29, 1.82) is 0 Å². The zero-order valence-corrected chi connectivity index (χ0v) is 14.0. The lowest BCUT2D eigenvalue weighted by molar-refractivity contribution is 0.404. The smallest absolute Gasteiger partial charge is 0.0631 e. The Balaban J connectivity index is 2.17. The molecule has 0 aliphatic heterocycles. The maximum Gasteiger partial charge on any atom is 0.0631 e. The molecular formula is C17H24ClN3. The van der Waals surface area contributed by atoms with E-state index in [1.165, 1.54) is 5.56 Å². The summed E-state index contributed by atoms with van der Waals surface area (Å²) in [5, 5.41) is 8.87. The van der Waals surface area contributed by atoms with E-state index in [0.29, 0.717) is 5.92 Å². The molecule has 3 nitrogen and oxygen atoms in total. The van der Waals surface area contributed by atoms with Crippen LogP contribution < -0.4 is 5.32 Å². The predicted octanol–water partition coefficient (Wildman–Crippen LogP) is 3.79. The minimum absolute atomic E-state index is 0.0982. The highest BCUT2D eigenvalue weighted by atomic mass is 35.5. The minimum Gasteiger partial charge on any atom is -0.311 e. The number of benzene rings is 1. The standard InChI is InChI=1S/C17H24ClN3/c1-17(2,3)19-12-14(11-16-8-9-21(4)20-16)13-6-5-7-15(18)10-13/h5-10,14,19H,11-12H2,1-4H3. The molecule has 0 saturated heterocycles. The third-order valence-electron chi connectivity index (χ3n) is 3.42. The van der Waals surface area contributed by atoms with Crippen molar-refractivity contribution in [2.45, 2.75) is 38.6 Å². The largest absolute Gasteiger partial charge is 0.311 e. The van der Waals surface area contributed by atoms with Crippen LogP contribution in [-0.4, -0.2) is 21.9 Å². The van der Waals surface area contributed by atoms with Crippen LogP contribution in [0.3, 0.4) is 0 Å². The average molecular weight is 306 g/mol. The second-order valence-electron chi connectivity index (χ2n) is 6.57. The number of aromatic nitrogens is 2. The number of aryl methyl sites for hydroxylation is 1. The fourth-order valence-electron chi connectivity index (χ4n) is 2.32. The summed E-state index contributed by atoms with van der Waals surface area (Å²) >= 11 is 6.15. The molecule has 1 atom stereocenters. The van der Waals surface area contributed by atoms with Gasteiger partial charge in [0.15, 0.2) is 0 Å². The molecule has 114 valence electrons. The Hall–Kier alpha value is -1.32. The summed E-state index contributed by atoms with van der Waals surface area (Å²) < 4.78 is 1.85. The van der Waals surface area contributed by atoms with E-state index < -0.39 is 0 Å². The van der Waals surface area contributed by atoms with Gasteiger partial charge in [0.1, 0.15) is 0 Å². The Morgan fingerprint density at radius 2 is 2.05 bits per heavy atom. The van der Waals surface area contributed by atoms with Crippen molar-refractivity contribution >= 4 is 11.6 Å². The quantitative estimate of drug-likeness (QED) is 0.911. The highest BCUT2D eigenvalue weighted by molar-refractivity contribution is 6.30. The summed E-state index contributed by atoms with van der Waals surface area (Å²) in [5.74, 6) is 0.359. The molecule has 0 spiro atoms. The fraction of sp³-hybridized carbons (Fsp3) is 0.471. The van der Waals surface area contributed by atoms with Crippen LogP contribution >= 0.6 is 11.6 Å². The van der Waals surface area contributed by atoms with E-state index in [1.54, 1.807) is 0 Å². The maximum absolute atomic E-state index is 6.15. The fourth-order valence-corrected chi connectivity index (χ4v) is 2.52. The van der Waals surface area contributed by atoms with Crippen LogP contribution in [0.2, 0.25) is 5.02 Å². The van der Waals surface area contributed by atoms with Gasteiger partial charge in [0.2, 0.25) is 0 Å². The molecular weight excluding hydrogens is 282 g/mol. The zero-order valence-electron chi connectivity index (χ0n) is 13.2. The third-order valence-corrected chi connectivity index (χ3v) is 3.66. The van der Waals surface area contributed by atoms with Gasteiger partial charge < -0.3 is 5.32 Å². The first-order chi connectivity index (χ1) is 9.83. The van der Waals surface area contributed by atoms with Gasteiger partial charge in [-0.2, -0.15) is 5.10 Å². The highest BCUT2D eigenvalue weighted by Crippen LogP contribution is 2.23. The van der Waals surface area contributed by atoms with Crippen LogP contribution in [0.15, 0.2) is 36.5 Å². The molecule has 2 aromatic rings. The van der Waals surface area contributed by atoms with Crippen molar-refractivity contribution in [3.05, 3.63) is 52.8 Å². The number of hydrogen-bond acceptors (Lipinski definition) is 2. The molecule has 0 bridgehead atoms. The Labute approximate surface area is 132 Å². The molecule has 4 heteroatoms. The van der Waals surface area contributed by atoms with Gasteiger partial charge in [-0.3, -0.25) is 4.68 Å². The van der Waals surface area contributed by atoms with Gasteiger partial charge in [-0.25, -0.2) is 0 Å². The molecule has 0 fully saturated rings. The van der Waals surface area contributed by atoms with Crippen molar-refractivity contribution in [3.8, 4) is 0 Å². The summed E-state index contributed by atoms with van der Waals surface area (Å²) in [5.41, 5.74) is 2.46. The first-order valence-electron chi connectivity index (χ1n) is 7.32. The highest BCUT2D eigenvalue weighted by Gasteiger charge is 2.17. The molecule has 0 aliphatic rings. The molecule has 1 unspecified atom stereocenters. The van der Waals surface area contributed by atoms with Crippen molar-refractivity contribution in [2.24, 2.45) is 7.05 Å². The number of nitrogens with one attached hydrogen (secondary N) is 1. The normalized spacial score (nSPS) is 13.4. The molecule has 1 aromatic carbocycles. The summed E-state index contributed by atoms with van der Waals surface area (Å²) in [6.45, 7) is 7.45. The predicted molar refractivity (Wildman–Crippen MR) is 88.9 cm³/mol. The van der Waals surface area contributed by atoms with Gasteiger partial charge in [0.25, 0.3) is 0 Å². The first-order valence-corrected chi connectivity index (χ1v) is 7.70. The Bertz CT molecular complexity index is 584. The van der Waals surface area contributed by atoms with Gasteiger partial charge in [0.05, 0.1) is 5.69 Å². The van der Waals surface area contributed by atoms with Crippen molar-refractivity contribution in [3.63, 3.8) is 0 Å². The number of halogens is 1. The van der Waals surface area contributed by atoms with Crippen LogP contribution in [0.4, 0.5) is 0 Å². The van der Waals surface area contributed by atoms with E-state index in [0.717, 1.165) is 23.7 Å². The van der Waals surface area contributed by atoms with Crippen molar-refractivity contribution in [2.75, 3.05) is 6.54 Å². The Morgan fingerprint density at radius 1 is 1.29 bits per heavy atom. The number of hydrogen-bond donors (Lipinski definition) is 1. The van der Waals surface area contributed by atoms with Gasteiger partial charge >= 0.3 is 0 Å². The number of nitrogens with zero attached hydrogens (tertiary/aromatic N) is 2. The zero-order chi connectivity index (χ0) is 15.5. The van der Waals surface area contributed by atoms with E-state index in [2.05, 4.69) is 49.4 Å². The molecule has 0 saturated carbocycles. The van der Waals surface area contributed by atoms with Crippen molar-refractivity contribution < 1.29 is 0 Å². The molecule has 1 heterocycles. The van der Waals surface area contributed by atoms with Gasteiger partial charge in [-0.05, 0) is 51.0 Å². The van der Waals surface area contributed by atoms with E-state index >= 15 is 0 Å². The summed E-state index contributed by atoms with van der Waals surface area (Å²) in [6.07, 6.45) is 2.89. The van der Waals surface area contributed by atoms with Crippen molar-refractivity contribution in [1.82, 2.24) is 15.1 Å². The lowest BCUT2D eigenvalue weighted by atomic mass is 9.93. The van der Waals surface area contributed by atoms with Crippen LogP contribution in [0, 0.1) is 0 Å². The van der Waals surface area contributed by atoms with E-state index in [4.69, 9.17) is 11.6 Å². The Kier molecular flexibility index (Phi) is 5.07. The second kappa shape index (κ2) is 6.63. The summed E-state index contributed by atoms with van der Waals surface area (Å²) in [7, 11) is 1.95. The van der Waals surface area contributed by atoms with E-state index in [-0.39, 0.29) is 5.54 Å². The maximum atomic E-state index is 6.15. The molecule has 0 aliphatic carbocycles. The van der Waals surface area contributed by atoms with Crippen LogP contribution in [-0.2, 0) is 13.5 Å². The topological polar surface area (TPSA) is 29.9 Å². The lowest BCUT2D eigenvalue weighted by Gasteiger charge is -2.25. The Morgan fingerprint density at radius 3 is 2.62 bits per heavy atom. The van der Waals surface area contributed by atoms with Gasteiger partial charge in [-0.1, -0.05) is 23.7 Å². The average Bonchev–Trinajstić information content (AvgIpc) is 2.79. The molecule has 21 heavy (non-hydrogen) atoms. The minimum atomic E-state index is 0.0982. The SMILES string of the molecule is Cn1ccc(CC(CNC(C)(C)C)c2cccc(Cl)c2)n1. The van der Waals surface area contributed by atoms with Gasteiger partial charge in [-0.15, -0.1) is 0 Å². The van der Waals surface area contributed by atoms with Crippen LogP contribution in [0.1, 0.15) is 37.9 Å². The monoisotopic (exact) mass is 305 g/mol. The molecule has 0 amide bonds. The summed E-state index contributed by atoms with van der Waals surface area (Å²) in [6, 6.07) is 10.2. The number of rotatable bonds is 5. The van der Waals surface area contributed by atoms with Crippen LogP contribution in [0.25, 0.3) is 0 Å². The van der Waals surface area contributed by atoms with E-state index in [9.17, 15) is 0 Å².